The van der Waals surface area contributed by atoms with E-state index < -0.39 is 8.60 Å². The fourth-order valence-corrected chi connectivity index (χ4v) is 0.821. The van der Waals surface area contributed by atoms with Gasteiger partial charge in [-0.2, -0.15) is 34.9 Å². The minimum Gasteiger partial charge on any atom is -0.328 e. The average Bonchev–Trinajstić information content (AvgIpc) is 1.99. The molecular weight excluding hydrogens is 252 g/mol. The van der Waals surface area contributed by atoms with Crippen LogP contribution in [0.25, 0.3) is 0 Å². The molecule has 0 bridgehead atoms. The number of benzene rings is 1. The summed E-state index contributed by atoms with van der Waals surface area (Å²) < 4.78 is 0. The van der Waals surface area contributed by atoms with Crippen molar-refractivity contribution in [1.82, 2.24) is 0 Å². The van der Waals surface area contributed by atoms with Crippen molar-refractivity contribution in [2.75, 3.05) is 0 Å². The molecule has 0 aliphatic carbocycles. The van der Waals surface area contributed by atoms with Crippen molar-refractivity contribution < 1.29 is 34.2 Å². The van der Waals surface area contributed by atoms with E-state index in [2.05, 4.69) is 32.9 Å². The fraction of sp³-hybridized carbons (Fsp3) is 0.333. The van der Waals surface area contributed by atoms with Gasteiger partial charge in [-0.15, -0.1) is 0 Å². The van der Waals surface area contributed by atoms with E-state index in [0.29, 0.717) is 0 Å². The summed E-state index contributed by atoms with van der Waals surface area (Å²) in [4.78, 5) is 21.7. The maximum Gasteiger partial charge on any atom is 0.324 e. The molecule has 0 saturated heterocycles. The Morgan fingerprint density at radius 3 is 1.86 bits per heavy atom. The minimum atomic E-state index is -2.62. The Hall–Kier alpha value is 0.153. The molecule has 0 fully saturated rings. The summed E-state index contributed by atoms with van der Waals surface area (Å²) >= 11 is 0. The van der Waals surface area contributed by atoms with Gasteiger partial charge in [0.15, 0.2) is 0 Å². The maximum absolute atomic E-state index is 7.23. The molecule has 3 N–H and O–H groups in total. The Morgan fingerprint density at radius 2 is 1.57 bits per heavy atom. The number of rotatable bonds is 0. The van der Waals surface area contributed by atoms with Crippen LogP contribution in [0.3, 0.4) is 0 Å². The van der Waals surface area contributed by atoms with Crippen LogP contribution in [-0.2, 0) is 19.5 Å². The van der Waals surface area contributed by atoms with E-state index in [9.17, 15) is 0 Å². The van der Waals surface area contributed by atoms with Gasteiger partial charge in [0.05, 0.1) is 0 Å². The molecule has 0 aliphatic rings. The zero-order chi connectivity index (χ0) is 10.4. The van der Waals surface area contributed by atoms with Gasteiger partial charge in [-0.1, -0.05) is 20.8 Å². The van der Waals surface area contributed by atoms with Crippen LogP contribution in [0.1, 0.15) is 16.7 Å². The first-order valence-corrected chi connectivity index (χ1v) is 4.96. The van der Waals surface area contributed by atoms with Crippen molar-refractivity contribution >= 4 is 8.60 Å². The first kappa shape index (κ1) is 16.6. The molecule has 0 heterocycles. The quantitative estimate of drug-likeness (QED) is 0.380. The van der Waals surface area contributed by atoms with Crippen molar-refractivity contribution in [3.8, 4) is 0 Å². The Bertz CT molecular complexity index is 243. The zero-order valence-electron chi connectivity index (χ0n) is 8.65. The normalized spacial score (nSPS) is 8.79. The van der Waals surface area contributed by atoms with E-state index in [4.69, 9.17) is 14.7 Å². The Labute approximate surface area is 98.6 Å². The second-order valence-corrected chi connectivity index (χ2v) is 3.22. The molecule has 76 valence electrons. The van der Waals surface area contributed by atoms with Gasteiger partial charge in [-0.3, -0.25) is 0 Å². The first-order valence-electron chi connectivity index (χ1n) is 3.76. The molecule has 0 unspecified atom stereocenters. The number of hydrogen-bond acceptors (Lipinski definition) is 3. The maximum atomic E-state index is 7.23. The summed E-state index contributed by atoms with van der Waals surface area (Å²) in [6, 6.07) is 7.20. The molecule has 14 heavy (non-hydrogen) atoms. The van der Waals surface area contributed by atoms with Crippen LogP contribution >= 0.6 is 8.60 Å². The molecule has 0 atom stereocenters. The second-order valence-electron chi connectivity index (χ2n) is 2.68. The minimum absolute atomic E-state index is 0. The van der Waals surface area contributed by atoms with Crippen molar-refractivity contribution in [3.63, 3.8) is 0 Å². The third kappa shape index (κ3) is 7.55. The Morgan fingerprint density at radius 1 is 1.14 bits per heavy atom. The van der Waals surface area contributed by atoms with Crippen LogP contribution in [0, 0.1) is 26.8 Å². The third-order valence-corrected chi connectivity index (χ3v) is 1.79. The molecule has 1 aromatic carbocycles. The van der Waals surface area contributed by atoms with Crippen molar-refractivity contribution in [2.24, 2.45) is 0 Å². The van der Waals surface area contributed by atoms with E-state index in [1.165, 1.54) is 16.7 Å². The molecule has 0 aliphatic heterocycles. The topological polar surface area (TPSA) is 60.7 Å². The van der Waals surface area contributed by atoms with Gasteiger partial charge in [0.1, 0.15) is 0 Å². The summed E-state index contributed by atoms with van der Waals surface area (Å²) in [7, 11) is -2.62. The average molecular weight is 267 g/mol. The fourth-order valence-electron chi connectivity index (χ4n) is 0.821. The third-order valence-electron chi connectivity index (χ3n) is 1.79. The van der Waals surface area contributed by atoms with Gasteiger partial charge < -0.3 is 14.7 Å². The van der Waals surface area contributed by atoms with Gasteiger partial charge in [-0.05, 0) is 0 Å². The largest absolute Gasteiger partial charge is 0.328 e. The molecule has 3 nitrogen and oxygen atoms in total. The molecule has 1 rings (SSSR count). The van der Waals surface area contributed by atoms with Gasteiger partial charge in [0.2, 0.25) is 0 Å². The molecule has 0 amide bonds. The van der Waals surface area contributed by atoms with Gasteiger partial charge >= 0.3 is 8.60 Å². The number of hydrogen-bond donors (Lipinski definition) is 3. The van der Waals surface area contributed by atoms with E-state index in [1.807, 2.05) is 6.07 Å². The summed E-state index contributed by atoms with van der Waals surface area (Å²) in [6.07, 6.45) is 0. The zero-order valence-corrected chi connectivity index (χ0v) is 12.5. The summed E-state index contributed by atoms with van der Waals surface area (Å²) in [5.41, 5.74) is 3.97. The predicted octanol–water partition coefficient (Wildman–Crippen LogP) is 1.60. The molecule has 0 radical (unpaired) electrons. The van der Waals surface area contributed by atoms with E-state index >= 15 is 0 Å². The molecule has 1 aromatic rings. The van der Waals surface area contributed by atoms with Crippen LogP contribution in [0.15, 0.2) is 12.1 Å². The monoisotopic (exact) mass is 265 g/mol. The summed E-state index contributed by atoms with van der Waals surface area (Å²) in [5.74, 6) is 0. The van der Waals surface area contributed by atoms with Crippen molar-refractivity contribution in [2.45, 2.75) is 20.8 Å². The summed E-state index contributed by atoms with van der Waals surface area (Å²) in [6.45, 7) is 6.33. The van der Waals surface area contributed by atoms with Crippen LogP contribution in [0.4, 0.5) is 0 Å². The SMILES string of the molecule is Cc1[c-]ccc(C)c1C.OP(O)O.[Zn]. The first-order chi connectivity index (χ1) is 5.95. The van der Waals surface area contributed by atoms with E-state index in [0.717, 1.165) is 0 Å². The Kier molecular flexibility index (Phi) is 10.0. The summed E-state index contributed by atoms with van der Waals surface area (Å²) in [5, 5.41) is 0. The van der Waals surface area contributed by atoms with Crippen LogP contribution in [0.5, 0.6) is 0 Å². The second kappa shape index (κ2) is 8.46. The molecule has 0 saturated carbocycles. The smallest absolute Gasteiger partial charge is 0.324 e. The van der Waals surface area contributed by atoms with E-state index in [-0.39, 0.29) is 19.5 Å². The number of aryl methyl sites for hydroxylation is 2. The van der Waals surface area contributed by atoms with Crippen molar-refractivity contribution in [1.29, 1.82) is 0 Å². The Balaban J connectivity index is 0. The van der Waals surface area contributed by atoms with E-state index in [1.54, 1.807) is 0 Å². The van der Waals surface area contributed by atoms with Crippen LogP contribution < -0.4 is 0 Å². The molecule has 0 spiro atoms. The molecule has 0 aromatic heterocycles. The standard InChI is InChI=1S/C9H11.H3O3P.Zn/c1-7-5-4-6-8(2)9(7)3;1-4(2)3;/h4-5H,1-3H3;1-3H;/q-1;;. The van der Waals surface area contributed by atoms with Gasteiger partial charge in [0.25, 0.3) is 0 Å². The van der Waals surface area contributed by atoms with Gasteiger partial charge in [0, 0.05) is 19.5 Å². The molecular formula is C9H14O3PZn-. The molecule has 5 heteroatoms. The van der Waals surface area contributed by atoms with Crippen LogP contribution in [0.2, 0.25) is 0 Å². The van der Waals surface area contributed by atoms with Gasteiger partial charge in [-0.25, -0.2) is 0 Å². The van der Waals surface area contributed by atoms with Crippen molar-refractivity contribution in [3.05, 3.63) is 34.9 Å². The van der Waals surface area contributed by atoms with Crippen LogP contribution in [-0.4, -0.2) is 14.7 Å². The predicted molar refractivity (Wildman–Crippen MR) is 53.1 cm³/mol.